The van der Waals surface area contributed by atoms with Crippen molar-refractivity contribution in [1.82, 2.24) is 9.62 Å². The Balaban J connectivity index is 1.48. The molecule has 1 N–H and O–H groups in total. The minimum Gasteiger partial charge on any atom is -0.367 e. The van der Waals surface area contributed by atoms with Crippen LogP contribution in [0, 0.1) is 11.6 Å². The summed E-state index contributed by atoms with van der Waals surface area (Å²) < 4.78 is 53.8. The Morgan fingerprint density at radius 3 is 2.38 bits per heavy atom. The van der Waals surface area contributed by atoms with E-state index < -0.39 is 15.8 Å². The van der Waals surface area contributed by atoms with Crippen LogP contribution in [0.15, 0.2) is 53.4 Å². The third-order valence-electron chi connectivity index (χ3n) is 4.39. The number of rotatable bonds is 6. The van der Waals surface area contributed by atoms with Crippen LogP contribution in [-0.2, 0) is 10.0 Å². The summed E-state index contributed by atoms with van der Waals surface area (Å²) in [6.45, 7) is 3.57. The summed E-state index contributed by atoms with van der Waals surface area (Å²) in [4.78, 5) is 4.02. The van der Waals surface area contributed by atoms with E-state index in [9.17, 15) is 17.2 Å². The molecule has 1 heterocycles. The van der Waals surface area contributed by atoms with Crippen LogP contribution in [0.25, 0.3) is 0 Å². The predicted molar refractivity (Wildman–Crippen MR) is 96.6 cm³/mol. The Hall–Kier alpha value is -2.03. The normalized spacial score (nSPS) is 16.0. The van der Waals surface area contributed by atoms with Crippen molar-refractivity contribution >= 4 is 15.7 Å². The zero-order valence-electron chi connectivity index (χ0n) is 14.2. The Kier molecular flexibility index (Phi) is 5.85. The molecular formula is C18H21F2N3O2S. The molecule has 3 rings (SSSR count). The third kappa shape index (κ3) is 4.57. The Morgan fingerprint density at radius 1 is 0.962 bits per heavy atom. The number of benzene rings is 2. The molecule has 1 saturated heterocycles. The van der Waals surface area contributed by atoms with Crippen molar-refractivity contribution in [3.8, 4) is 0 Å². The lowest BCUT2D eigenvalue weighted by Gasteiger charge is -2.36. The molecule has 140 valence electrons. The molecule has 0 spiro atoms. The van der Waals surface area contributed by atoms with E-state index in [2.05, 4.69) is 9.62 Å². The van der Waals surface area contributed by atoms with Crippen LogP contribution < -0.4 is 9.62 Å². The van der Waals surface area contributed by atoms with Crippen molar-refractivity contribution in [2.75, 3.05) is 44.2 Å². The number of hydrogen-bond donors (Lipinski definition) is 1. The van der Waals surface area contributed by atoms with E-state index in [1.165, 1.54) is 24.3 Å². The zero-order chi connectivity index (χ0) is 18.6. The highest BCUT2D eigenvalue weighted by Crippen LogP contribution is 2.20. The summed E-state index contributed by atoms with van der Waals surface area (Å²) >= 11 is 0. The molecule has 2 aromatic carbocycles. The van der Waals surface area contributed by atoms with E-state index in [4.69, 9.17) is 0 Å². The summed E-state index contributed by atoms with van der Waals surface area (Å²) in [5.41, 5.74) is 0.596. The van der Waals surface area contributed by atoms with Gasteiger partial charge >= 0.3 is 0 Å². The maximum absolute atomic E-state index is 13.8. The van der Waals surface area contributed by atoms with E-state index in [1.54, 1.807) is 12.1 Å². The fourth-order valence-corrected chi connectivity index (χ4v) is 4.03. The first-order valence-electron chi connectivity index (χ1n) is 8.43. The second-order valence-corrected chi connectivity index (χ2v) is 7.90. The number of para-hydroxylation sites is 1. The lowest BCUT2D eigenvalue weighted by Crippen LogP contribution is -2.48. The maximum Gasteiger partial charge on any atom is 0.240 e. The molecular weight excluding hydrogens is 360 g/mol. The molecule has 0 radical (unpaired) electrons. The highest BCUT2D eigenvalue weighted by Gasteiger charge is 2.20. The van der Waals surface area contributed by atoms with Crippen LogP contribution in [0.3, 0.4) is 0 Å². The number of anilines is 1. The first-order valence-corrected chi connectivity index (χ1v) is 9.91. The fraction of sp³-hybridized carbons (Fsp3) is 0.333. The molecule has 0 saturated carbocycles. The average Bonchev–Trinajstić information content (AvgIpc) is 2.63. The Bertz CT molecular complexity index is 853. The van der Waals surface area contributed by atoms with Gasteiger partial charge in [0.1, 0.15) is 11.6 Å². The van der Waals surface area contributed by atoms with Gasteiger partial charge in [-0.15, -0.1) is 0 Å². The average molecular weight is 381 g/mol. The van der Waals surface area contributed by atoms with Crippen molar-refractivity contribution in [2.45, 2.75) is 4.90 Å². The largest absolute Gasteiger partial charge is 0.367 e. The lowest BCUT2D eigenvalue weighted by molar-refractivity contribution is 0.261. The Labute approximate surface area is 152 Å². The second kappa shape index (κ2) is 8.11. The maximum atomic E-state index is 13.8. The molecule has 0 aromatic heterocycles. The zero-order valence-corrected chi connectivity index (χ0v) is 15.1. The van der Waals surface area contributed by atoms with Crippen LogP contribution in [-0.4, -0.2) is 52.6 Å². The second-order valence-electron chi connectivity index (χ2n) is 6.14. The van der Waals surface area contributed by atoms with Gasteiger partial charge in [0.2, 0.25) is 10.0 Å². The standard InChI is InChI=1S/C18H21F2N3O2S/c19-15-4-3-5-16(14-15)26(24,25)21-8-9-22-10-12-23(13-11-22)18-7-2-1-6-17(18)20/h1-7,14,21H,8-13H2. The molecule has 1 aliphatic heterocycles. The van der Waals surface area contributed by atoms with Gasteiger partial charge in [-0.1, -0.05) is 18.2 Å². The number of nitrogens with zero attached hydrogens (tertiary/aromatic N) is 2. The summed E-state index contributed by atoms with van der Waals surface area (Å²) in [6.07, 6.45) is 0. The third-order valence-corrected chi connectivity index (χ3v) is 5.85. The molecule has 0 atom stereocenters. The highest BCUT2D eigenvalue weighted by atomic mass is 32.2. The van der Waals surface area contributed by atoms with Crippen LogP contribution in [0.1, 0.15) is 0 Å². The summed E-state index contributed by atoms with van der Waals surface area (Å²) in [5, 5.41) is 0. The Morgan fingerprint density at radius 2 is 1.69 bits per heavy atom. The smallest absolute Gasteiger partial charge is 0.240 e. The van der Waals surface area contributed by atoms with Crippen molar-refractivity contribution in [3.63, 3.8) is 0 Å². The van der Waals surface area contributed by atoms with E-state index in [1.807, 2.05) is 11.0 Å². The van der Waals surface area contributed by atoms with Crippen molar-refractivity contribution in [3.05, 3.63) is 60.2 Å². The van der Waals surface area contributed by atoms with Gasteiger partial charge in [0.25, 0.3) is 0 Å². The topological polar surface area (TPSA) is 52.7 Å². The van der Waals surface area contributed by atoms with Crippen LogP contribution in [0.2, 0.25) is 0 Å². The number of sulfonamides is 1. The monoisotopic (exact) mass is 381 g/mol. The summed E-state index contributed by atoms with van der Waals surface area (Å²) in [6, 6.07) is 11.6. The minimum atomic E-state index is -3.72. The number of halogens is 2. The molecule has 8 heteroatoms. The number of piperazine rings is 1. The van der Waals surface area contributed by atoms with E-state index in [0.717, 1.165) is 19.2 Å². The van der Waals surface area contributed by atoms with E-state index >= 15 is 0 Å². The van der Waals surface area contributed by atoms with Crippen LogP contribution in [0.5, 0.6) is 0 Å². The predicted octanol–water partition coefficient (Wildman–Crippen LogP) is 2.07. The lowest BCUT2D eigenvalue weighted by atomic mass is 10.2. The molecule has 5 nitrogen and oxygen atoms in total. The van der Waals surface area contributed by atoms with Crippen LogP contribution in [0.4, 0.5) is 14.5 Å². The van der Waals surface area contributed by atoms with Crippen molar-refractivity contribution in [2.24, 2.45) is 0 Å². The molecule has 0 bridgehead atoms. The van der Waals surface area contributed by atoms with Gasteiger partial charge in [-0.05, 0) is 30.3 Å². The molecule has 26 heavy (non-hydrogen) atoms. The van der Waals surface area contributed by atoms with Gasteiger partial charge in [0, 0.05) is 39.3 Å². The fourth-order valence-electron chi connectivity index (χ4n) is 2.98. The molecule has 1 aliphatic rings. The first kappa shape index (κ1) is 18.8. The summed E-state index contributed by atoms with van der Waals surface area (Å²) in [7, 11) is -3.72. The molecule has 0 amide bonds. The minimum absolute atomic E-state index is 0.0816. The molecule has 2 aromatic rings. The van der Waals surface area contributed by atoms with E-state index in [0.29, 0.717) is 25.3 Å². The SMILES string of the molecule is O=S(=O)(NCCN1CCN(c2ccccc2F)CC1)c1cccc(F)c1. The molecule has 0 unspecified atom stereocenters. The van der Waals surface area contributed by atoms with Gasteiger partial charge in [-0.2, -0.15) is 0 Å². The summed E-state index contributed by atoms with van der Waals surface area (Å²) in [5.74, 6) is -0.819. The highest BCUT2D eigenvalue weighted by molar-refractivity contribution is 7.89. The van der Waals surface area contributed by atoms with E-state index in [-0.39, 0.29) is 17.3 Å². The quantitative estimate of drug-likeness (QED) is 0.832. The van der Waals surface area contributed by atoms with Crippen LogP contribution >= 0.6 is 0 Å². The first-order chi connectivity index (χ1) is 12.5. The van der Waals surface area contributed by atoms with Crippen molar-refractivity contribution < 1.29 is 17.2 Å². The van der Waals surface area contributed by atoms with Crippen molar-refractivity contribution in [1.29, 1.82) is 0 Å². The molecule has 0 aliphatic carbocycles. The van der Waals surface area contributed by atoms with Gasteiger partial charge in [0.15, 0.2) is 0 Å². The number of nitrogens with one attached hydrogen (secondary N) is 1. The number of hydrogen-bond acceptors (Lipinski definition) is 4. The van der Waals surface area contributed by atoms with Gasteiger partial charge in [-0.3, -0.25) is 4.90 Å². The van der Waals surface area contributed by atoms with Gasteiger partial charge in [0.05, 0.1) is 10.6 Å². The molecule has 1 fully saturated rings. The van der Waals surface area contributed by atoms with Gasteiger partial charge < -0.3 is 4.90 Å². The van der Waals surface area contributed by atoms with Gasteiger partial charge in [-0.25, -0.2) is 21.9 Å².